The Morgan fingerprint density at radius 2 is 1.58 bits per heavy atom. The van der Waals surface area contributed by atoms with Gasteiger partial charge in [-0.25, -0.2) is 9.29 Å². The first kappa shape index (κ1) is 25.0. The molecule has 38 heavy (non-hydrogen) atoms. The highest BCUT2D eigenvalue weighted by Crippen LogP contribution is 2.38. The highest BCUT2D eigenvalue weighted by atomic mass is 32.2. The Morgan fingerprint density at radius 3 is 2.24 bits per heavy atom. The van der Waals surface area contributed by atoms with Crippen molar-refractivity contribution in [1.29, 1.82) is 0 Å². The van der Waals surface area contributed by atoms with Gasteiger partial charge in [-0.3, -0.25) is 14.4 Å². The molecule has 190 valence electrons. The van der Waals surface area contributed by atoms with Crippen LogP contribution in [0.3, 0.4) is 0 Å². The minimum absolute atomic E-state index is 0.128. The molecule has 0 bridgehead atoms. The summed E-state index contributed by atoms with van der Waals surface area (Å²) in [6, 6.07) is 20.9. The van der Waals surface area contributed by atoms with E-state index in [1.165, 1.54) is 30.5 Å². The van der Waals surface area contributed by atoms with E-state index in [1.807, 2.05) is 32.0 Å². The Bertz CT molecular complexity index is 1560. The Labute approximate surface area is 222 Å². The fraction of sp³-hybridized carbons (Fsp3) is 0.0690. The second-order valence-electron chi connectivity index (χ2n) is 8.61. The number of carbonyl (C=O) groups excluding carboxylic acids is 3. The minimum Gasteiger partial charge on any atom is -0.459 e. The van der Waals surface area contributed by atoms with Gasteiger partial charge in [-0.1, -0.05) is 17.8 Å². The van der Waals surface area contributed by atoms with Crippen LogP contribution in [0.1, 0.15) is 21.7 Å². The van der Waals surface area contributed by atoms with Crippen molar-refractivity contribution in [1.82, 2.24) is 0 Å². The van der Waals surface area contributed by atoms with Gasteiger partial charge in [0.05, 0.1) is 12.0 Å². The van der Waals surface area contributed by atoms with Crippen molar-refractivity contribution in [3.8, 4) is 0 Å². The molecule has 0 aliphatic carbocycles. The first-order chi connectivity index (χ1) is 18.3. The van der Waals surface area contributed by atoms with Crippen LogP contribution in [0.25, 0.3) is 0 Å². The zero-order valence-electron chi connectivity index (χ0n) is 20.4. The molecular formula is C29H22FN3O4S. The first-order valence-electron chi connectivity index (χ1n) is 11.7. The van der Waals surface area contributed by atoms with Crippen molar-refractivity contribution in [2.75, 3.05) is 15.5 Å². The maximum absolute atomic E-state index is 13.5. The smallest absolute Gasteiger partial charge is 0.291 e. The number of thioether (sulfide) groups is 1. The SMILES string of the molecule is Cc1ccc(NC2=C(Sc3ccc(NC(=O)c4ccco4)cc3)C(=O)N(c3ccc(F)cc3)C2=O)cc1C. The number of hydrogen-bond acceptors (Lipinski definition) is 6. The number of rotatable bonds is 7. The van der Waals surface area contributed by atoms with Crippen molar-refractivity contribution in [2.45, 2.75) is 18.7 Å². The van der Waals surface area contributed by atoms with Crippen molar-refractivity contribution in [2.24, 2.45) is 0 Å². The van der Waals surface area contributed by atoms with Gasteiger partial charge in [-0.15, -0.1) is 0 Å². The van der Waals surface area contributed by atoms with E-state index in [9.17, 15) is 18.8 Å². The van der Waals surface area contributed by atoms with Crippen LogP contribution in [-0.2, 0) is 9.59 Å². The van der Waals surface area contributed by atoms with Crippen LogP contribution in [0.4, 0.5) is 21.5 Å². The molecule has 0 saturated carbocycles. The van der Waals surface area contributed by atoms with Crippen LogP contribution >= 0.6 is 11.8 Å². The monoisotopic (exact) mass is 527 g/mol. The van der Waals surface area contributed by atoms with Gasteiger partial charge in [-0.05, 0) is 97.8 Å². The molecule has 0 spiro atoms. The van der Waals surface area contributed by atoms with Crippen LogP contribution in [-0.4, -0.2) is 17.7 Å². The summed E-state index contributed by atoms with van der Waals surface area (Å²) in [6.07, 6.45) is 1.42. The summed E-state index contributed by atoms with van der Waals surface area (Å²) >= 11 is 1.12. The lowest BCUT2D eigenvalue weighted by Gasteiger charge is -2.15. The number of nitrogens with one attached hydrogen (secondary N) is 2. The molecule has 0 fully saturated rings. The van der Waals surface area contributed by atoms with Crippen LogP contribution < -0.4 is 15.5 Å². The van der Waals surface area contributed by atoms with E-state index < -0.39 is 17.6 Å². The Hall–Kier alpha value is -4.63. The molecule has 3 amide bonds. The highest BCUT2D eigenvalue weighted by molar-refractivity contribution is 8.04. The topological polar surface area (TPSA) is 91.7 Å². The molecule has 2 N–H and O–H groups in total. The van der Waals surface area contributed by atoms with E-state index in [4.69, 9.17) is 4.42 Å². The Kier molecular flexibility index (Phi) is 6.85. The van der Waals surface area contributed by atoms with Gasteiger partial charge in [0.1, 0.15) is 16.4 Å². The van der Waals surface area contributed by atoms with Gasteiger partial charge in [0.15, 0.2) is 5.76 Å². The Balaban J connectivity index is 1.43. The summed E-state index contributed by atoms with van der Waals surface area (Å²) in [6.45, 7) is 3.95. The van der Waals surface area contributed by atoms with Crippen molar-refractivity contribution in [3.63, 3.8) is 0 Å². The van der Waals surface area contributed by atoms with E-state index in [0.29, 0.717) is 16.3 Å². The number of imide groups is 1. The highest BCUT2D eigenvalue weighted by Gasteiger charge is 2.40. The number of anilines is 3. The van der Waals surface area contributed by atoms with Crippen molar-refractivity contribution < 1.29 is 23.2 Å². The molecule has 5 rings (SSSR count). The summed E-state index contributed by atoms with van der Waals surface area (Å²) in [5.41, 5.74) is 3.73. The number of furan rings is 1. The van der Waals surface area contributed by atoms with Crippen LogP contribution in [0, 0.1) is 19.7 Å². The molecule has 9 heteroatoms. The van der Waals surface area contributed by atoms with E-state index in [1.54, 1.807) is 36.4 Å². The van der Waals surface area contributed by atoms with Gasteiger partial charge in [0.2, 0.25) is 0 Å². The zero-order valence-corrected chi connectivity index (χ0v) is 21.3. The molecule has 4 aromatic rings. The van der Waals surface area contributed by atoms with E-state index in [2.05, 4.69) is 10.6 Å². The fourth-order valence-corrected chi connectivity index (χ4v) is 4.75. The minimum atomic E-state index is -0.537. The molecule has 0 unspecified atom stereocenters. The number of benzene rings is 3. The predicted molar refractivity (Wildman–Crippen MR) is 144 cm³/mol. The van der Waals surface area contributed by atoms with Gasteiger partial charge in [0, 0.05) is 16.3 Å². The summed E-state index contributed by atoms with van der Waals surface area (Å²) < 4.78 is 18.6. The molecule has 0 atom stereocenters. The molecule has 1 aromatic heterocycles. The largest absolute Gasteiger partial charge is 0.459 e. The maximum atomic E-state index is 13.5. The van der Waals surface area contributed by atoms with Crippen molar-refractivity contribution >= 4 is 46.5 Å². The lowest BCUT2D eigenvalue weighted by molar-refractivity contribution is -0.120. The number of amides is 3. The van der Waals surface area contributed by atoms with Gasteiger partial charge in [-0.2, -0.15) is 0 Å². The summed E-state index contributed by atoms with van der Waals surface area (Å²) in [5, 5.41) is 5.87. The summed E-state index contributed by atoms with van der Waals surface area (Å²) in [7, 11) is 0. The zero-order chi connectivity index (χ0) is 26.8. The molecule has 1 aliphatic heterocycles. The average molecular weight is 528 g/mol. The van der Waals surface area contributed by atoms with Crippen molar-refractivity contribution in [3.05, 3.63) is 118 Å². The summed E-state index contributed by atoms with van der Waals surface area (Å²) in [4.78, 5) is 41.1. The second kappa shape index (κ2) is 10.4. The van der Waals surface area contributed by atoms with Gasteiger partial charge >= 0.3 is 0 Å². The number of hydrogen-bond donors (Lipinski definition) is 2. The fourth-order valence-electron chi connectivity index (χ4n) is 3.83. The maximum Gasteiger partial charge on any atom is 0.291 e. The normalized spacial score (nSPS) is 13.3. The number of halogens is 1. The third-order valence-electron chi connectivity index (χ3n) is 5.98. The summed E-state index contributed by atoms with van der Waals surface area (Å²) in [5.74, 6) is -1.72. The molecule has 2 heterocycles. The molecule has 3 aromatic carbocycles. The lowest BCUT2D eigenvalue weighted by atomic mass is 10.1. The molecule has 7 nitrogen and oxygen atoms in total. The van der Waals surface area contributed by atoms with E-state index >= 15 is 0 Å². The third kappa shape index (κ3) is 5.09. The molecular weight excluding hydrogens is 505 g/mol. The van der Waals surface area contributed by atoms with E-state index in [-0.39, 0.29) is 28.0 Å². The Morgan fingerprint density at radius 1 is 0.868 bits per heavy atom. The number of nitrogens with zero attached hydrogens (tertiary/aromatic N) is 1. The standard InChI is InChI=1S/C29H22FN3O4S/c1-17-5-8-21(16-18(17)2)31-25-26(29(36)33(28(25)35)22-11-6-19(30)7-12-22)38-23-13-9-20(10-14-23)32-27(34)24-4-3-15-37-24/h3-16,31H,1-2H3,(H,32,34). The average Bonchev–Trinajstić information content (AvgIpc) is 3.52. The third-order valence-corrected chi connectivity index (χ3v) is 7.07. The number of carbonyl (C=O) groups is 3. The quantitative estimate of drug-likeness (QED) is 0.275. The molecule has 1 aliphatic rings. The molecule has 0 saturated heterocycles. The van der Waals surface area contributed by atoms with Crippen LogP contribution in [0.5, 0.6) is 0 Å². The second-order valence-corrected chi connectivity index (χ2v) is 9.69. The van der Waals surface area contributed by atoms with Crippen LogP contribution in [0.15, 0.2) is 105 Å². The molecule has 0 radical (unpaired) electrons. The van der Waals surface area contributed by atoms with Gasteiger partial charge < -0.3 is 15.1 Å². The van der Waals surface area contributed by atoms with E-state index in [0.717, 1.165) is 27.8 Å². The predicted octanol–water partition coefficient (Wildman–Crippen LogP) is 6.28. The lowest BCUT2D eigenvalue weighted by Crippen LogP contribution is -2.32. The van der Waals surface area contributed by atoms with Gasteiger partial charge in [0.25, 0.3) is 17.7 Å². The number of aryl methyl sites for hydroxylation is 2. The first-order valence-corrected chi connectivity index (χ1v) is 12.5. The van der Waals surface area contributed by atoms with Crippen LogP contribution in [0.2, 0.25) is 0 Å².